The van der Waals surface area contributed by atoms with E-state index in [-0.39, 0.29) is 42.0 Å². The maximum Gasteiger partial charge on any atom is 1.00 e. The molecule has 0 aliphatic heterocycles. The van der Waals surface area contributed by atoms with E-state index in [0.717, 1.165) is 4.57 Å². The van der Waals surface area contributed by atoms with Gasteiger partial charge in [-0.05, 0) is 12.1 Å². The van der Waals surface area contributed by atoms with Gasteiger partial charge in [-0.1, -0.05) is 0 Å². The number of fused-ring (bicyclic) bond motifs is 1. The van der Waals surface area contributed by atoms with Crippen LogP contribution in [-0.4, -0.2) is 19.6 Å². The molecule has 0 fully saturated rings. The minimum Gasteiger partial charge on any atom is -1.00 e. The molecule has 0 atom stereocenters. The van der Waals surface area contributed by atoms with E-state index >= 15 is 0 Å². The number of pyridine rings is 2. The molecule has 1 N–H and O–H groups in total. The molecule has 0 saturated carbocycles. The van der Waals surface area contributed by atoms with Gasteiger partial charge < -0.3 is 6.53 Å². The Morgan fingerprint density at radius 3 is 2.82 bits per heavy atom. The molecule has 84 valence electrons. The Balaban J connectivity index is 0.00000144. The van der Waals surface area contributed by atoms with Crippen molar-refractivity contribution in [1.82, 2.24) is 9.55 Å². The van der Waals surface area contributed by atoms with E-state index in [1.807, 2.05) is 0 Å². The van der Waals surface area contributed by atoms with Gasteiger partial charge in [0.05, 0.1) is 10.3 Å². The SMILES string of the molecule is Cn1c(=O)c([N+](=O)[O-])c(O)c2cccnc21.[H-].[Na+]. The average Bonchev–Trinajstić information content (AvgIpc) is 2.26. The third-order valence-corrected chi connectivity index (χ3v) is 2.27. The van der Waals surface area contributed by atoms with E-state index < -0.39 is 21.9 Å². The van der Waals surface area contributed by atoms with Crippen LogP contribution in [0.5, 0.6) is 5.75 Å². The first-order valence-electron chi connectivity index (χ1n) is 4.35. The number of aromatic hydroxyl groups is 1. The molecule has 0 amide bonds. The summed E-state index contributed by atoms with van der Waals surface area (Å²) in [6, 6.07) is 2.99. The summed E-state index contributed by atoms with van der Waals surface area (Å²) in [5.74, 6) is -0.642. The van der Waals surface area contributed by atoms with Crippen LogP contribution in [0, 0.1) is 10.1 Å². The Bertz CT molecular complexity index is 658. The van der Waals surface area contributed by atoms with Gasteiger partial charge in [0, 0.05) is 13.2 Å². The fourth-order valence-electron chi connectivity index (χ4n) is 1.50. The number of hydrogen-bond acceptors (Lipinski definition) is 5. The second-order valence-electron chi connectivity index (χ2n) is 3.19. The minimum absolute atomic E-state index is 0. The second kappa shape index (κ2) is 4.82. The summed E-state index contributed by atoms with van der Waals surface area (Å²) in [6.45, 7) is 0. The van der Waals surface area contributed by atoms with E-state index in [4.69, 9.17) is 0 Å². The molecule has 0 saturated heterocycles. The number of nitrogens with zero attached hydrogens (tertiary/aromatic N) is 3. The van der Waals surface area contributed by atoms with Gasteiger partial charge in [-0.2, -0.15) is 0 Å². The number of aryl methyl sites for hydroxylation is 1. The summed E-state index contributed by atoms with van der Waals surface area (Å²) in [6.07, 6.45) is 1.44. The number of hydrogen-bond donors (Lipinski definition) is 1. The Morgan fingerprint density at radius 2 is 2.24 bits per heavy atom. The van der Waals surface area contributed by atoms with Crippen LogP contribution in [0.4, 0.5) is 5.69 Å². The summed E-state index contributed by atoms with van der Waals surface area (Å²) < 4.78 is 1.03. The van der Waals surface area contributed by atoms with E-state index in [2.05, 4.69) is 4.98 Å². The van der Waals surface area contributed by atoms with Gasteiger partial charge in [0.15, 0.2) is 0 Å². The molecule has 2 aromatic heterocycles. The number of rotatable bonds is 1. The first-order chi connectivity index (χ1) is 7.54. The van der Waals surface area contributed by atoms with Crippen molar-refractivity contribution in [2.45, 2.75) is 0 Å². The van der Waals surface area contributed by atoms with Crippen LogP contribution < -0.4 is 35.1 Å². The molecule has 2 heterocycles. The monoisotopic (exact) mass is 245 g/mol. The third-order valence-electron chi connectivity index (χ3n) is 2.27. The van der Waals surface area contributed by atoms with Crippen molar-refractivity contribution >= 4 is 16.7 Å². The van der Waals surface area contributed by atoms with E-state index in [1.165, 1.54) is 25.4 Å². The van der Waals surface area contributed by atoms with Crippen molar-refractivity contribution in [2.24, 2.45) is 7.05 Å². The first-order valence-corrected chi connectivity index (χ1v) is 4.35. The van der Waals surface area contributed by atoms with Gasteiger partial charge in [-0.3, -0.25) is 19.5 Å². The summed E-state index contributed by atoms with van der Waals surface area (Å²) in [5.41, 5.74) is -1.51. The normalized spacial score (nSPS) is 9.94. The fraction of sp³-hybridized carbons (Fsp3) is 0.111. The molecule has 2 rings (SSSR count). The largest absolute Gasteiger partial charge is 1.00 e. The molecule has 7 nitrogen and oxygen atoms in total. The van der Waals surface area contributed by atoms with Crippen LogP contribution in [0.25, 0.3) is 11.0 Å². The Labute approximate surface area is 119 Å². The molecule has 0 spiro atoms. The maximum atomic E-state index is 11.6. The fourth-order valence-corrected chi connectivity index (χ4v) is 1.50. The predicted octanol–water partition coefficient (Wildman–Crippen LogP) is -2.34. The van der Waals surface area contributed by atoms with Crippen LogP contribution in [0.1, 0.15) is 1.43 Å². The Kier molecular flexibility index (Phi) is 3.87. The van der Waals surface area contributed by atoms with Gasteiger partial charge in [-0.15, -0.1) is 0 Å². The van der Waals surface area contributed by atoms with Gasteiger partial charge in [-0.25, -0.2) is 4.98 Å². The van der Waals surface area contributed by atoms with Crippen LogP contribution in [0.2, 0.25) is 0 Å². The second-order valence-corrected chi connectivity index (χ2v) is 3.19. The van der Waals surface area contributed by atoms with Crippen molar-refractivity contribution in [2.75, 3.05) is 0 Å². The van der Waals surface area contributed by atoms with Crippen molar-refractivity contribution in [1.29, 1.82) is 0 Å². The zero-order valence-electron chi connectivity index (χ0n) is 10.2. The summed E-state index contributed by atoms with van der Waals surface area (Å²) in [5, 5.41) is 20.5. The Morgan fingerprint density at radius 1 is 1.59 bits per heavy atom. The molecular weight excluding hydrogens is 237 g/mol. The van der Waals surface area contributed by atoms with Gasteiger partial charge in [0.25, 0.3) is 0 Å². The van der Waals surface area contributed by atoms with Gasteiger partial charge in [0.1, 0.15) is 5.65 Å². The molecule has 0 aromatic carbocycles. The van der Waals surface area contributed by atoms with E-state index in [0.29, 0.717) is 0 Å². The minimum atomic E-state index is -0.899. The quantitative estimate of drug-likeness (QED) is 0.345. The maximum absolute atomic E-state index is 11.6. The zero-order chi connectivity index (χ0) is 11.9. The molecule has 17 heavy (non-hydrogen) atoms. The van der Waals surface area contributed by atoms with Crippen LogP contribution in [-0.2, 0) is 7.05 Å². The van der Waals surface area contributed by atoms with Crippen LogP contribution in [0.3, 0.4) is 0 Å². The number of aromatic nitrogens is 2. The first kappa shape index (κ1) is 13.6. The Hall–Kier alpha value is -1.44. The van der Waals surface area contributed by atoms with Gasteiger partial charge >= 0.3 is 40.8 Å². The van der Waals surface area contributed by atoms with E-state index in [9.17, 15) is 20.0 Å². The predicted molar refractivity (Wildman–Crippen MR) is 56.4 cm³/mol. The zero-order valence-corrected chi connectivity index (χ0v) is 11.2. The number of nitro groups is 1. The molecular formula is C9H8N3NaO4. The van der Waals surface area contributed by atoms with Crippen LogP contribution in [0.15, 0.2) is 23.1 Å². The summed E-state index contributed by atoms with van der Waals surface area (Å²) in [7, 11) is 1.37. The molecule has 0 radical (unpaired) electrons. The van der Waals surface area contributed by atoms with Crippen molar-refractivity contribution in [3.63, 3.8) is 0 Å². The molecule has 2 aromatic rings. The van der Waals surface area contributed by atoms with Crippen molar-refractivity contribution in [3.8, 4) is 5.75 Å². The van der Waals surface area contributed by atoms with Gasteiger partial charge in [0.2, 0.25) is 5.75 Å². The van der Waals surface area contributed by atoms with Crippen molar-refractivity contribution < 1.29 is 41.0 Å². The van der Waals surface area contributed by atoms with Crippen molar-refractivity contribution in [3.05, 3.63) is 38.8 Å². The van der Waals surface area contributed by atoms with Crippen LogP contribution >= 0.6 is 0 Å². The average molecular weight is 245 g/mol. The van der Waals surface area contributed by atoms with E-state index in [1.54, 1.807) is 0 Å². The standard InChI is InChI=1S/C9H7N3O4.Na.H/c1-11-8-5(3-2-4-10-8)7(13)6(9(11)14)12(15)16;;/h2-4,13H,1H3;;/q;+1;-1. The molecule has 8 heteroatoms. The molecule has 0 aliphatic carbocycles. The molecule has 0 unspecified atom stereocenters. The molecule has 0 bridgehead atoms. The topological polar surface area (TPSA) is 98.3 Å². The summed E-state index contributed by atoms with van der Waals surface area (Å²) in [4.78, 5) is 25.2. The smallest absolute Gasteiger partial charge is 1.00 e. The summed E-state index contributed by atoms with van der Waals surface area (Å²) >= 11 is 0. The third kappa shape index (κ3) is 2.04. The molecule has 0 aliphatic rings.